The summed E-state index contributed by atoms with van der Waals surface area (Å²) in [6.45, 7) is 19.6. The summed E-state index contributed by atoms with van der Waals surface area (Å²) in [7, 11) is 0. The van der Waals surface area contributed by atoms with E-state index in [0.717, 1.165) is 79.6 Å². The molecule has 1 aromatic carbocycles. The van der Waals surface area contributed by atoms with Crippen molar-refractivity contribution in [1.82, 2.24) is 15.0 Å². The van der Waals surface area contributed by atoms with Crippen molar-refractivity contribution in [3.05, 3.63) is 64.4 Å². The van der Waals surface area contributed by atoms with Crippen molar-refractivity contribution in [2.75, 3.05) is 29.4 Å². The highest BCUT2D eigenvalue weighted by Gasteiger charge is 2.36. The van der Waals surface area contributed by atoms with E-state index >= 15 is 0 Å². The summed E-state index contributed by atoms with van der Waals surface area (Å²) in [4.78, 5) is 31.3. The molecule has 4 heterocycles. The number of rotatable bonds is 6. The third-order valence-corrected chi connectivity index (χ3v) is 8.56. The van der Waals surface area contributed by atoms with Crippen LogP contribution in [0.25, 0.3) is 11.1 Å². The van der Waals surface area contributed by atoms with Gasteiger partial charge in [0.2, 0.25) is 0 Å². The zero-order chi connectivity index (χ0) is 30.4. The van der Waals surface area contributed by atoms with Gasteiger partial charge in [0.1, 0.15) is 11.6 Å². The van der Waals surface area contributed by atoms with E-state index in [9.17, 15) is 9.90 Å². The summed E-state index contributed by atoms with van der Waals surface area (Å²) >= 11 is 0. The molecule has 224 valence electrons. The Morgan fingerprint density at radius 3 is 2.33 bits per heavy atom. The molecule has 0 radical (unpaired) electrons. The van der Waals surface area contributed by atoms with Gasteiger partial charge in [-0.05, 0) is 89.0 Å². The van der Waals surface area contributed by atoms with E-state index in [2.05, 4.69) is 51.8 Å². The van der Waals surface area contributed by atoms with Crippen LogP contribution in [-0.4, -0.2) is 51.3 Å². The number of aliphatic carboxylic acids is 1. The maximum atomic E-state index is 12.8. The first-order valence-corrected chi connectivity index (χ1v) is 15.1. The molecule has 0 unspecified atom stereocenters. The first-order chi connectivity index (χ1) is 19.7. The van der Waals surface area contributed by atoms with Crippen molar-refractivity contribution < 1.29 is 14.6 Å². The molecule has 8 heteroatoms. The van der Waals surface area contributed by atoms with Gasteiger partial charge in [-0.25, -0.2) is 14.8 Å². The molecule has 2 aliphatic rings. The lowest BCUT2D eigenvalue weighted by Gasteiger charge is -2.41. The highest BCUT2D eigenvalue weighted by molar-refractivity contribution is 5.88. The largest absolute Gasteiger partial charge is 0.479 e. The second-order valence-electron chi connectivity index (χ2n) is 13.6. The Balaban J connectivity index is 1.62. The van der Waals surface area contributed by atoms with Gasteiger partial charge in [0.05, 0.1) is 11.3 Å². The lowest BCUT2D eigenvalue weighted by atomic mass is 9.81. The Hall–Kier alpha value is -3.52. The summed E-state index contributed by atoms with van der Waals surface area (Å²) in [6.07, 6.45) is 3.66. The Bertz CT molecular complexity index is 1480. The van der Waals surface area contributed by atoms with Crippen molar-refractivity contribution in [3.8, 4) is 11.1 Å². The fourth-order valence-electron chi connectivity index (χ4n) is 6.28. The minimum Gasteiger partial charge on any atom is -0.479 e. The molecule has 0 aliphatic carbocycles. The Kier molecular flexibility index (Phi) is 8.05. The smallest absolute Gasteiger partial charge is 0.337 e. The monoisotopic (exact) mass is 571 g/mol. The van der Waals surface area contributed by atoms with E-state index in [0.29, 0.717) is 11.3 Å². The molecular formula is C34H45N5O3. The summed E-state index contributed by atoms with van der Waals surface area (Å²) < 4.78 is 6.24. The molecule has 0 saturated carbocycles. The highest BCUT2D eigenvalue weighted by Crippen LogP contribution is 2.45. The van der Waals surface area contributed by atoms with Gasteiger partial charge in [0.25, 0.3) is 0 Å². The SMILES string of the molecule is Cc1nccc(N2CCc3cc(-c4c(C)nc(C)c([C@H](OC(C)(C)C)C(=O)O)c4N4CCC(C)(C)CC4)ccc3C2)n1. The standard InChI is InChI=1S/C34H45N5O3/c1-21-28(25-9-10-26-20-39(16-12-24(26)19-25)27-11-15-35-23(3)37-27)30(38-17-13-34(7,8)14-18-38)29(22(2)36-21)31(32(40)41)42-33(4,5)6/h9-11,15,19,31H,12-14,16-18,20H2,1-8H3,(H,40,41)/t31-/m0/s1. The quantitative estimate of drug-likeness (QED) is 0.354. The third kappa shape index (κ3) is 6.28. The van der Waals surface area contributed by atoms with Crippen LogP contribution in [0.4, 0.5) is 11.5 Å². The van der Waals surface area contributed by atoms with Gasteiger partial charge in [-0.3, -0.25) is 4.98 Å². The number of anilines is 2. The van der Waals surface area contributed by atoms with Crippen LogP contribution in [0.3, 0.4) is 0 Å². The minimum absolute atomic E-state index is 0.252. The lowest BCUT2D eigenvalue weighted by Crippen LogP contribution is -2.39. The molecule has 3 aromatic rings. The van der Waals surface area contributed by atoms with Crippen molar-refractivity contribution in [2.45, 2.75) is 92.9 Å². The van der Waals surface area contributed by atoms with Crippen LogP contribution in [-0.2, 0) is 22.5 Å². The van der Waals surface area contributed by atoms with E-state index in [1.165, 1.54) is 11.1 Å². The predicted molar refractivity (Wildman–Crippen MR) is 167 cm³/mol. The van der Waals surface area contributed by atoms with Crippen LogP contribution in [0, 0.1) is 26.2 Å². The Morgan fingerprint density at radius 1 is 0.976 bits per heavy atom. The number of carbonyl (C=O) groups is 1. The molecule has 0 amide bonds. The Morgan fingerprint density at radius 2 is 1.69 bits per heavy atom. The number of nitrogens with zero attached hydrogens (tertiary/aromatic N) is 5. The summed E-state index contributed by atoms with van der Waals surface area (Å²) in [5.41, 5.74) is 7.53. The van der Waals surface area contributed by atoms with E-state index < -0.39 is 17.7 Å². The van der Waals surface area contributed by atoms with Crippen molar-refractivity contribution in [1.29, 1.82) is 0 Å². The molecule has 1 N–H and O–H groups in total. The molecular weight excluding hydrogens is 526 g/mol. The van der Waals surface area contributed by atoms with E-state index in [1.807, 2.05) is 53.8 Å². The first-order valence-electron chi connectivity index (χ1n) is 15.1. The highest BCUT2D eigenvalue weighted by atomic mass is 16.5. The van der Waals surface area contributed by atoms with Gasteiger partial charge in [0.15, 0.2) is 6.10 Å². The average Bonchev–Trinajstić information content (AvgIpc) is 2.90. The fourth-order valence-corrected chi connectivity index (χ4v) is 6.28. The predicted octanol–water partition coefficient (Wildman–Crippen LogP) is 6.59. The molecule has 5 rings (SSSR count). The van der Waals surface area contributed by atoms with Crippen LogP contribution >= 0.6 is 0 Å². The lowest BCUT2D eigenvalue weighted by molar-refractivity contribution is -0.160. The second kappa shape index (κ2) is 11.3. The van der Waals surface area contributed by atoms with Crippen molar-refractivity contribution >= 4 is 17.5 Å². The van der Waals surface area contributed by atoms with E-state index in [4.69, 9.17) is 9.72 Å². The van der Waals surface area contributed by atoms with Crippen LogP contribution in [0.5, 0.6) is 0 Å². The molecule has 1 atom stereocenters. The zero-order valence-electron chi connectivity index (χ0n) is 26.4. The number of benzene rings is 1. The first kappa shape index (κ1) is 30.0. The van der Waals surface area contributed by atoms with Gasteiger partial charge < -0.3 is 19.6 Å². The normalized spacial score (nSPS) is 17.6. The summed E-state index contributed by atoms with van der Waals surface area (Å²) in [6, 6.07) is 8.65. The minimum atomic E-state index is -1.12. The number of piperidine rings is 1. The Labute approximate surface area is 250 Å². The fraction of sp³-hybridized carbons (Fsp3) is 0.529. The molecule has 8 nitrogen and oxygen atoms in total. The van der Waals surface area contributed by atoms with Crippen LogP contribution < -0.4 is 9.80 Å². The molecule has 2 aliphatic heterocycles. The molecule has 0 bridgehead atoms. The van der Waals surface area contributed by atoms with Crippen molar-refractivity contribution in [2.24, 2.45) is 5.41 Å². The van der Waals surface area contributed by atoms with Crippen molar-refractivity contribution in [3.63, 3.8) is 0 Å². The van der Waals surface area contributed by atoms with Crippen LogP contribution in [0.2, 0.25) is 0 Å². The van der Waals surface area contributed by atoms with Gasteiger partial charge in [-0.1, -0.05) is 32.0 Å². The van der Waals surface area contributed by atoms with Gasteiger partial charge in [-0.15, -0.1) is 0 Å². The number of pyridine rings is 1. The summed E-state index contributed by atoms with van der Waals surface area (Å²) in [5.74, 6) is 0.735. The molecule has 42 heavy (non-hydrogen) atoms. The number of fused-ring (bicyclic) bond motifs is 1. The molecule has 1 fully saturated rings. The average molecular weight is 572 g/mol. The number of hydrogen-bond acceptors (Lipinski definition) is 7. The topological polar surface area (TPSA) is 91.7 Å². The third-order valence-electron chi connectivity index (χ3n) is 8.56. The van der Waals surface area contributed by atoms with Crippen LogP contribution in [0.15, 0.2) is 30.5 Å². The maximum absolute atomic E-state index is 12.8. The van der Waals surface area contributed by atoms with Gasteiger partial charge in [-0.2, -0.15) is 0 Å². The molecule has 1 saturated heterocycles. The van der Waals surface area contributed by atoms with Gasteiger partial charge >= 0.3 is 5.97 Å². The second-order valence-corrected chi connectivity index (χ2v) is 13.6. The van der Waals surface area contributed by atoms with E-state index in [-0.39, 0.29) is 5.41 Å². The zero-order valence-corrected chi connectivity index (χ0v) is 26.4. The number of carboxylic acid groups (broad SMARTS) is 1. The number of carboxylic acids is 1. The summed E-state index contributed by atoms with van der Waals surface area (Å²) in [5, 5.41) is 10.5. The van der Waals surface area contributed by atoms with Gasteiger partial charge in [0, 0.05) is 54.9 Å². The number of aryl methyl sites for hydroxylation is 3. The number of ether oxygens (including phenoxy) is 1. The number of aromatic nitrogens is 3. The number of hydrogen-bond donors (Lipinski definition) is 1. The maximum Gasteiger partial charge on any atom is 0.337 e. The molecule has 2 aromatic heterocycles. The van der Waals surface area contributed by atoms with Crippen LogP contribution in [0.1, 0.15) is 87.5 Å². The van der Waals surface area contributed by atoms with E-state index in [1.54, 1.807) is 0 Å². The molecule has 0 spiro atoms.